The predicted octanol–water partition coefficient (Wildman–Crippen LogP) is 4.58. The van der Waals surface area contributed by atoms with Crippen LogP contribution in [0.4, 0.5) is 0 Å². The Morgan fingerprint density at radius 1 is 1.12 bits per heavy atom. The van der Waals surface area contributed by atoms with Crippen molar-refractivity contribution in [2.45, 2.75) is 25.2 Å². The second-order valence-corrected chi connectivity index (χ2v) is 8.21. The van der Waals surface area contributed by atoms with E-state index in [1.165, 1.54) is 0 Å². The molecule has 6 heteroatoms. The maximum atomic E-state index is 13.2. The van der Waals surface area contributed by atoms with E-state index in [0.717, 1.165) is 58.6 Å². The van der Waals surface area contributed by atoms with Crippen LogP contribution in [0.25, 0.3) is 22.2 Å². The van der Waals surface area contributed by atoms with Gasteiger partial charge in [0, 0.05) is 54.1 Å². The smallest absolute Gasteiger partial charge is 0.227 e. The van der Waals surface area contributed by atoms with E-state index in [4.69, 9.17) is 9.72 Å². The average Bonchev–Trinajstić information content (AvgIpc) is 3.27. The lowest BCUT2D eigenvalue weighted by molar-refractivity contribution is -0.131. The maximum absolute atomic E-state index is 13.2. The van der Waals surface area contributed by atoms with E-state index in [9.17, 15) is 4.79 Å². The number of methoxy groups -OCH3 is 1. The van der Waals surface area contributed by atoms with Gasteiger partial charge in [-0.25, -0.2) is 0 Å². The number of aromatic nitrogens is 3. The van der Waals surface area contributed by atoms with E-state index in [2.05, 4.69) is 16.0 Å². The number of ether oxygens (including phenoxy) is 1. The van der Waals surface area contributed by atoms with Crippen LogP contribution in [0.15, 0.2) is 67.1 Å². The number of carbonyl (C=O) groups excluding carboxylic acids is 1. The monoisotopic (exact) mass is 426 g/mol. The number of likely N-dealkylation sites (tertiary alicyclic amines) is 1. The summed E-state index contributed by atoms with van der Waals surface area (Å²) < 4.78 is 5.56. The molecule has 1 aliphatic heterocycles. The number of carbonyl (C=O) groups is 1. The molecule has 0 spiro atoms. The van der Waals surface area contributed by atoms with E-state index in [-0.39, 0.29) is 11.8 Å². The van der Waals surface area contributed by atoms with Gasteiger partial charge in [-0.05, 0) is 36.6 Å². The Morgan fingerprint density at radius 3 is 2.84 bits per heavy atom. The Morgan fingerprint density at radius 2 is 1.94 bits per heavy atom. The van der Waals surface area contributed by atoms with E-state index in [1.807, 2.05) is 53.6 Å². The van der Waals surface area contributed by atoms with Crippen LogP contribution >= 0.6 is 0 Å². The molecule has 5 rings (SSSR count). The number of nitrogens with one attached hydrogen (secondary N) is 1. The molecule has 1 atom stereocenters. The SMILES string of the molecule is COc1ccccc1-c1nccnc1C1CCCN(C(=O)Cc2c[nH]c3ccccc23)C1. The maximum Gasteiger partial charge on any atom is 0.227 e. The lowest BCUT2D eigenvalue weighted by Crippen LogP contribution is -2.40. The summed E-state index contributed by atoms with van der Waals surface area (Å²) >= 11 is 0. The largest absolute Gasteiger partial charge is 0.496 e. The second-order valence-electron chi connectivity index (χ2n) is 8.21. The predicted molar refractivity (Wildman–Crippen MR) is 125 cm³/mol. The van der Waals surface area contributed by atoms with Crippen LogP contribution in [0.3, 0.4) is 0 Å². The van der Waals surface area contributed by atoms with Gasteiger partial charge < -0.3 is 14.6 Å². The lowest BCUT2D eigenvalue weighted by atomic mass is 9.91. The number of para-hydroxylation sites is 2. The van der Waals surface area contributed by atoms with Crippen LogP contribution in [-0.2, 0) is 11.2 Å². The highest BCUT2D eigenvalue weighted by atomic mass is 16.5. The number of hydrogen-bond acceptors (Lipinski definition) is 4. The number of H-pyrrole nitrogens is 1. The summed E-state index contributed by atoms with van der Waals surface area (Å²) in [5.41, 5.74) is 4.80. The Labute approximate surface area is 187 Å². The summed E-state index contributed by atoms with van der Waals surface area (Å²) in [5.74, 6) is 1.07. The standard InChI is InChI=1S/C26H26N4O2/c1-32-23-11-5-3-9-21(23)26-25(27-12-13-28-26)18-7-6-14-30(17-18)24(31)15-19-16-29-22-10-4-2-8-20(19)22/h2-5,8-13,16,18,29H,6-7,14-15,17H2,1H3. The van der Waals surface area contributed by atoms with Gasteiger partial charge in [-0.15, -0.1) is 0 Å². The van der Waals surface area contributed by atoms with Gasteiger partial charge in [-0.1, -0.05) is 30.3 Å². The molecule has 0 radical (unpaired) electrons. The minimum atomic E-state index is 0.143. The summed E-state index contributed by atoms with van der Waals surface area (Å²) in [5, 5.41) is 1.11. The molecule has 1 saturated heterocycles. The molecule has 1 unspecified atom stereocenters. The zero-order valence-electron chi connectivity index (χ0n) is 18.1. The Hall–Kier alpha value is -3.67. The molecule has 4 aromatic rings. The number of hydrogen-bond donors (Lipinski definition) is 1. The first-order valence-corrected chi connectivity index (χ1v) is 11.0. The van der Waals surface area contributed by atoms with Crippen LogP contribution in [0.2, 0.25) is 0 Å². The molecule has 6 nitrogen and oxygen atoms in total. The van der Waals surface area contributed by atoms with Crippen LogP contribution in [-0.4, -0.2) is 46.0 Å². The number of rotatable bonds is 5. The van der Waals surface area contributed by atoms with Gasteiger partial charge in [0.15, 0.2) is 0 Å². The molecular weight excluding hydrogens is 400 g/mol. The lowest BCUT2D eigenvalue weighted by Gasteiger charge is -2.33. The van der Waals surface area contributed by atoms with E-state index >= 15 is 0 Å². The van der Waals surface area contributed by atoms with Gasteiger partial charge in [0.1, 0.15) is 5.75 Å². The highest BCUT2D eigenvalue weighted by Crippen LogP contribution is 2.36. The molecule has 2 aromatic carbocycles. The first-order valence-electron chi connectivity index (χ1n) is 11.0. The molecule has 0 aliphatic carbocycles. The molecular formula is C26H26N4O2. The van der Waals surface area contributed by atoms with Crippen LogP contribution in [0, 0.1) is 0 Å². The average molecular weight is 427 g/mol. The number of amides is 1. The summed E-state index contributed by atoms with van der Waals surface area (Å²) in [4.78, 5) is 27.8. The van der Waals surface area contributed by atoms with Crippen LogP contribution in [0.1, 0.15) is 30.0 Å². The van der Waals surface area contributed by atoms with Crippen molar-refractivity contribution in [1.82, 2.24) is 19.9 Å². The number of piperidine rings is 1. The fraction of sp³-hybridized carbons (Fsp3) is 0.269. The zero-order valence-corrected chi connectivity index (χ0v) is 18.1. The first kappa shape index (κ1) is 20.2. The van der Waals surface area contributed by atoms with Gasteiger partial charge in [0.25, 0.3) is 0 Å². The Balaban J connectivity index is 1.38. The topological polar surface area (TPSA) is 71.1 Å². The summed E-state index contributed by atoms with van der Waals surface area (Å²) in [6, 6.07) is 16.0. The van der Waals surface area contributed by atoms with Gasteiger partial charge in [-0.3, -0.25) is 14.8 Å². The molecule has 1 aliphatic rings. The molecule has 32 heavy (non-hydrogen) atoms. The van der Waals surface area contributed by atoms with Crippen molar-refractivity contribution in [3.05, 3.63) is 78.4 Å². The van der Waals surface area contributed by atoms with Crippen LogP contribution in [0.5, 0.6) is 5.75 Å². The molecule has 0 saturated carbocycles. The zero-order chi connectivity index (χ0) is 21.9. The minimum Gasteiger partial charge on any atom is -0.496 e. The minimum absolute atomic E-state index is 0.143. The van der Waals surface area contributed by atoms with E-state index in [0.29, 0.717) is 13.0 Å². The normalized spacial score (nSPS) is 16.3. The molecule has 162 valence electrons. The van der Waals surface area contributed by atoms with E-state index in [1.54, 1.807) is 19.5 Å². The molecule has 1 amide bonds. The molecule has 1 fully saturated rings. The van der Waals surface area contributed by atoms with Crippen molar-refractivity contribution in [3.63, 3.8) is 0 Å². The number of fused-ring (bicyclic) bond motifs is 1. The number of aromatic amines is 1. The van der Waals surface area contributed by atoms with Gasteiger partial charge in [0.05, 0.1) is 24.9 Å². The van der Waals surface area contributed by atoms with Gasteiger partial charge >= 0.3 is 0 Å². The third-order valence-corrected chi connectivity index (χ3v) is 6.27. The van der Waals surface area contributed by atoms with Crippen molar-refractivity contribution < 1.29 is 9.53 Å². The van der Waals surface area contributed by atoms with E-state index < -0.39 is 0 Å². The van der Waals surface area contributed by atoms with Gasteiger partial charge in [-0.2, -0.15) is 0 Å². The van der Waals surface area contributed by atoms with Crippen molar-refractivity contribution in [3.8, 4) is 17.0 Å². The first-order chi connectivity index (χ1) is 15.7. The third-order valence-electron chi connectivity index (χ3n) is 6.27. The van der Waals surface area contributed by atoms with Gasteiger partial charge in [0.2, 0.25) is 5.91 Å². The van der Waals surface area contributed by atoms with Crippen molar-refractivity contribution in [1.29, 1.82) is 0 Å². The van der Waals surface area contributed by atoms with Crippen molar-refractivity contribution >= 4 is 16.8 Å². The summed E-state index contributed by atoms with van der Waals surface area (Å²) in [7, 11) is 1.67. The third kappa shape index (κ3) is 3.84. The Bertz CT molecular complexity index is 1250. The fourth-order valence-electron chi connectivity index (χ4n) is 4.67. The molecule has 1 N–H and O–H groups in total. The quantitative estimate of drug-likeness (QED) is 0.507. The highest BCUT2D eigenvalue weighted by molar-refractivity contribution is 5.89. The number of nitrogens with zero attached hydrogens (tertiary/aromatic N) is 3. The molecule has 3 heterocycles. The second kappa shape index (κ2) is 8.83. The summed E-state index contributed by atoms with van der Waals surface area (Å²) in [6.07, 6.45) is 7.74. The van der Waals surface area contributed by atoms with Crippen molar-refractivity contribution in [2.75, 3.05) is 20.2 Å². The Kier molecular flexibility index (Phi) is 5.58. The number of benzene rings is 2. The van der Waals surface area contributed by atoms with Crippen molar-refractivity contribution in [2.24, 2.45) is 0 Å². The fourth-order valence-corrected chi connectivity index (χ4v) is 4.67. The highest BCUT2D eigenvalue weighted by Gasteiger charge is 2.28. The summed E-state index contributed by atoms with van der Waals surface area (Å²) in [6.45, 7) is 1.43. The van der Waals surface area contributed by atoms with Crippen LogP contribution < -0.4 is 4.74 Å². The molecule has 0 bridgehead atoms. The molecule has 2 aromatic heterocycles.